The van der Waals surface area contributed by atoms with Gasteiger partial charge in [0.05, 0.1) is 6.61 Å². The molecule has 0 aliphatic rings. The molecule has 6 heteroatoms. The van der Waals surface area contributed by atoms with E-state index in [4.69, 9.17) is 9.47 Å². The van der Waals surface area contributed by atoms with Crippen LogP contribution < -0.4 is 0 Å². The minimum atomic E-state index is -0.457. The molecule has 0 atom stereocenters. The molecule has 26 heavy (non-hydrogen) atoms. The van der Waals surface area contributed by atoms with Crippen LogP contribution in [0.2, 0.25) is 0 Å². The third-order valence-corrected chi connectivity index (χ3v) is 5.67. The van der Waals surface area contributed by atoms with Crippen molar-refractivity contribution in [3.8, 4) is 0 Å². The maximum Gasteiger partial charge on any atom is 0.332 e. The van der Waals surface area contributed by atoms with Crippen LogP contribution in [0.3, 0.4) is 0 Å². The van der Waals surface area contributed by atoms with Gasteiger partial charge in [-0.2, -0.15) is 0 Å². The number of rotatable bonds is 5. The fraction of sp³-hybridized carbons (Fsp3) is 0.350. The molecular weight excluding hydrogens is 622 g/mol. The molecular formula is C20H23BrI2O3. The van der Waals surface area contributed by atoms with E-state index in [1.165, 1.54) is 9.13 Å². The lowest BCUT2D eigenvalue weighted by Crippen LogP contribution is -2.26. The Morgan fingerprint density at radius 3 is 1.88 bits per heavy atom. The van der Waals surface area contributed by atoms with Gasteiger partial charge in [-0.1, -0.05) is 52.3 Å². The molecule has 0 spiro atoms. The number of esters is 1. The Balaban J connectivity index is 0.000000314. The third-order valence-electron chi connectivity index (χ3n) is 2.96. The monoisotopic (exact) mass is 644 g/mol. The third kappa shape index (κ3) is 10.2. The molecule has 0 fully saturated rings. The summed E-state index contributed by atoms with van der Waals surface area (Å²) in [7, 11) is 0. The second-order valence-corrected chi connectivity index (χ2v) is 9.28. The van der Waals surface area contributed by atoms with Crippen LogP contribution in [0.5, 0.6) is 0 Å². The quantitative estimate of drug-likeness (QED) is 0.217. The Morgan fingerprint density at radius 2 is 1.46 bits per heavy atom. The SMILES string of the molecule is BrCc1ccccc1I.CC(C)(C)OC(=O)COCc1ccccc1I. The first kappa shape index (κ1) is 23.8. The van der Waals surface area contributed by atoms with Gasteiger partial charge in [0.25, 0.3) is 0 Å². The van der Waals surface area contributed by atoms with Gasteiger partial charge in [-0.25, -0.2) is 4.79 Å². The zero-order valence-electron chi connectivity index (χ0n) is 15.1. The number of benzene rings is 2. The molecule has 2 rings (SSSR count). The van der Waals surface area contributed by atoms with Crippen LogP contribution in [0.4, 0.5) is 0 Å². The molecule has 142 valence electrons. The molecule has 0 aromatic heterocycles. The minimum Gasteiger partial charge on any atom is -0.458 e. The molecule has 2 aromatic rings. The Bertz CT molecular complexity index is 699. The number of hydrogen-bond acceptors (Lipinski definition) is 3. The summed E-state index contributed by atoms with van der Waals surface area (Å²) in [5, 5.41) is 0.951. The van der Waals surface area contributed by atoms with E-state index in [1.807, 2.05) is 51.1 Å². The highest BCUT2D eigenvalue weighted by Gasteiger charge is 2.16. The van der Waals surface area contributed by atoms with Crippen LogP contribution >= 0.6 is 61.1 Å². The zero-order valence-corrected chi connectivity index (χ0v) is 21.0. The summed E-state index contributed by atoms with van der Waals surface area (Å²) in [6.07, 6.45) is 0. The predicted molar refractivity (Wildman–Crippen MR) is 126 cm³/mol. The number of alkyl halides is 1. The van der Waals surface area contributed by atoms with E-state index >= 15 is 0 Å². The second-order valence-electron chi connectivity index (χ2n) is 6.40. The van der Waals surface area contributed by atoms with Crippen molar-refractivity contribution in [2.45, 2.75) is 38.3 Å². The number of halogens is 3. The van der Waals surface area contributed by atoms with Gasteiger partial charge in [-0.3, -0.25) is 0 Å². The first-order valence-electron chi connectivity index (χ1n) is 8.05. The molecule has 0 saturated carbocycles. The average Bonchev–Trinajstić information content (AvgIpc) is 2.56. The number of carbonyl (C=O) groups is 1. The number of hydrogen-bond donors (Lipinski definition) is 0. The molecule has 0 radical (unpaired) electrons. The van der Waals surface area contributed by atoms with E-state index in [0.717, 1.165) is 14.5 Å². The van der Waals surface area contributed by atoms with Crippen molar-refractivity contribution < 1.29 is 14.3 Å². The van der Waals surface area contributed by atoms with Crippen molar-refractivity contribution in [3.05, 3.63) is 66.8 Å². The van der Waals surface area contributed by atoms with Crippen molar-refractivity contribution in [3.63, 3.8) is 0 Å². The lowest BCUT2D eigenvalue weighted by atomic mass is 10.2. The smallest absolute Gasteiger partial charge is 0.332 e. The van der Waals surface area contributed by atoms with Crippen LogP contribution in [0.15, 0.2) is 48.5 Å². The second kappa shape index (κ2) is 12.3. The van der Waals surface area contributed by atoms with Crippen molar-refractivity contribution in [1.82, 2.24) is 0 Å². The first-order valence-corrected chi connectivity index (χ1v) is 11.3. The van der Waals surface area contributed by atoms with E-state index in [2.05, 4.69) is 79.3 Å². The average molecular weight is 645 g/mol. The maximum atomic E-state index is 11.4. The maximum absolute atomic E-state index is 11.4. The van der Waals surface area contributed by atoms with E-state index in [0.29, 0.717) is 6.61 Å². The fourth-order valence-electron chi connectivity index (χ4n) is 1.84. The van der Waals surface area contributed by atoms with Crippen LogP contribution in [0.25, 0.3) is 0 Å². The van der Waals surface area contributed by atoms with E-state index < -0.39 is 5.60 Å². The van der Waals surface area contributed by atoms with E-state index in [-0.39, 0.29) is 12.6 Å². The molecule has 2 aromatic carbocycles. The summed E-state index contributed by atoms with van der Waals surface area (Å²) in [6.45, 7) is 5.93. The number of carbonyl (C=O) groups excluding carboxylic acids is 1. The summed E-state index contributed by atoms with van der Waals surface area (Å²) in [6, 6.07) is 16.2. The van der Waals surface area contributed by atoms with Gasteiger partial charge in [-0.15, -0.1) is 0 Å². The van der Waals surface area contributed by atoms with Crippen molar-refractivity contribution >= 4 is 67.1 Å². The van der Waals surface area contributed by atoms with Crippen LogP contribution in [0, 0.1) is 7.14 Å². The van der Waals surface area contributed by atoms with Crippen LogP contribution in [-0.4, -0.2) is 18.2 Å². The standard InChI is InChI=1S/C13H17IO3.C7H6BrI/c1-13(2,3)17-12(15)9-16-8-10-6-4-5-7-11(10)14;8-5-6-3-1-2-4-7(6)9/h4-7H,8-9H2,1-3H3;1-4H,5H2. The minimum absolute atomic E-state index is 0.0117. The van der Waals surface area contributed by atoms with Crippen LogP contribution in [-0.2, 0) is 26.2 Å². The highest BCUT2D eigenvalue weighted by molar-refractivity contribution is 14.1. The van der Waals surface area contributed by atoms with Gasteiger partial charge in [0.15, 0.2) is 0 Å². The van der Waals surface area contributed by atoms with Gasteiger partial charge < -0.3 is 9.47 Å². The van der Waals surface area contributed by atoms with Gasteiger partial charge >= 0.3 is 5.97 Å². The summed E-state index contributed by atoms with van der Waals surface area (Å²) in [4.78, 5) is 11.4. The van der Waals surface area contributed by atoms with Crippen molar-refractivity contribution in [2.75, 3.05) is 6.61 Å². The zero-order chi connectivity index (χ0) is 19.6. The van der Waals surface area contributed by atoms with Gasteiger partial charge in [-0.05, 0) is 89.2 Å². The molecule has 0 N–H and O–H groups in total. The normalized spacial score (nSPS) is 10.7. The predicted octanol–water partition coefficient (Wildman–Crippen LogP) is 6.34. The van der Waals surface area contributed by atoms with E-state index in [1.54, 1.807) is 0 Å². The van der Waals surface area contributed by atoms with Gasteiger partial charge in [0.1, 0.15) is 12.2 Å². The Hall–Kier alpha value is -0.190. The molecule has 0 aliphatic carbocycles. The van der Waals surface area contributed by atoms with Crippen molar-refractivity contribution in [2.24, 2.45) is 0 Å². The summed E-state index contributed by atoms with van der Waals surface area (Å²) in [5.74, 6) is -0.330. The molecule has 0 amide bonds. The topological polar surface area (TPSA) is 35.5 Å². The molecule has 3 nitrogen and oxygen atoms in total. The van der Waals surface area contributed by atoms with Crippen LogP contribution in [0.1, 0.15) is 31.9 Å². The molecule has 0 saturated heterocycles. The lowest BCUT2D eigenvalue weighted by Gasteiger charge is -2.19. The van der Waals surface area contributed by atoms with E-state index in [9.17, 15) is 4.79 Å². The summed E-state index contributed by atoms with van der Waals surface area (Å²) < 4.78 is 12.9. The Labute approximate surface area is 191 Å². The highest BCUT2D eigenvalue weighted by atomic mass is 127. The number of ether oxygens (including phenoxy) is 2. The molecule has 0 unspecified atom stereocenters. The molecule has 0 heterocycles. The highest BCUT2D eigenvalue weighted by Crippen LogP contribution is 2.14. The molecule has 0 aliphatic heterocycles. The lowest BCUT2D eigenvalue weighted by molar-refractivity contribution is -0.160. The summed E-state index contributed by atoms with van der Waals surface area (Å²) in [5.41, 5.74) is 1.98. The van der Waals surface area contributed by atoms with Gasteiger partial charge in [0, 0.05) is 12.5 Å². The van der Waals surface area contributed by atoms with Crippen molar-refractivity contribution in [1.29, 1.82) is 0 Å². The fourth-order valence-corrected chi connectivity index (χ4v) is 3.97. The Morgan fingerprint density at radius 1 is 0.962 bits per heavy atom. The Kier molecular flexibility index (Phi) is 11.3. The van der Waals surface area contributed by atoms with Gasteiger partial charge in [0.2, 0.25) is 0 Å². The summed E-state index contributed by atoms with van der Waals surface area (Å²) >= 11 is 7.98. The largest absolute Gasteiger partial charge is 0.458 e. The molecule has 0 bridgehead atoms. The first-order chi connectivity index (χ1) is 12.2.